The Labute approximate surface area is 172 Å². The third-order valence-corrected chi connectivity index (χ3v) is 10.3. The van der Waals surface area contributed by atoms with Crippen LogP contribution >= 0.6 is 0 Å². The van der Waals surface area contributed by atoms with Crippen LogP contribution in [0.3, 0.4) is 0 Å². The average Bonchev–Trinajstić information content (AvgIpc) is 3.30. The van der Waals surface area contributed by atoms with Gasteiger partial charge in [-0.1, -0.05) is 44.6 Å². The van der Waals surface area contributed by atoms with Crippen molar-refractivity contribution in [2.45, 2.75) is 83.7 Å². The van der Waals surface area contributed by atoms with Crippen LogP contribution in [0, 0.1) is 40.4 Å². The highest BCUT2D eigenvalue weighted by atomic mass is 16.3. The quantitative estimate of drug-likeness (QED) is 0.619. The van der Waals surface area contributed by atoms with Crippen LogP contribution in [-0.2, 0) is 0 Å². The summed E-state index contributed by atoms with van der Waals surface area (Å²) in [6, 6.07) is 0. The van der Waals surface area contributed by atoms with Crippen molar-refractivity contribution in [2.75, 3.05) is 13.1 Å². The smallest absolute Gasteiger partial charge is 0.0746 e. The van der Waals surface area contributed by atoms with E-state index in [0.29, 0.717) is 29.1 Å². The molecule has 0 bridgehead atoms. The highest BCUT2D eigenvalue weighted by Crippen LogP contribution is 2.68. The van der Waals surface area contributed by atoms with E-state index in [1.54, 1.807) is 0 Å². The second-order valence-electron chi connectivity index (χ2n) is 11.7. The first-order valence-corrected chi connectivity index (χ1v) is 12.1. The number of hydrogen-bond donors (Lipinski definition) is 2. The molecule has 0 aromatic rings. The minimum atomic E-state index is -0.543. The molecule has 4 aliphatic carbocycles. The average molecular weight is 384 g/mol. The third-order valence-electron chi connectivity index (χ3n) is 10.3. The highest BCUT2D eigenvalue weighted by molar-refractivity contribution is 5.25. The molecule has 2 heteroatoms. The van der Waals surface area contributed by atoms with Gasteiger partial charge in [0.2, 0.25) is 0 Å². The lowest BCUT2D eigenvalue weighted by molar-refractivity contribution is -0.189. The number of nitrogens with one attached hydrogen (secondary N) is 1. The minimum Gasteiger partial charge on any atom is -0.389 e. The zero-order chi connectivity index (χ0) is 19.6. The molecule has 0 spiro atoms. The Bertz CT molecular complexity index is 663. The largest absolute Gasteiger partial charge is 0.389 e. The van der Waals surface area contributed by atoms with E-state index in [1.807, 2.05) is 0 Å². The summed E-state index contributed by atoms with van der Waals surface area (Å²) in [5, 5.41) is 15.5. The molecule has 0 aromatic carbocycles. The van der Waals surface area contributed by atoms with Gasteiger partial charge in [0.1, 0.15) is 0 Å². The molecule has 1 heterocycles. The molecule has 2 N–H and O–H groups in total. The maximum atomic E-state index is 12.0. The summed E-state index contributed by atoms with van der Waals surface area (Å²) in [4.78, 5) is 0. The van der Waals surface area contributed by atoms with Crippen molar-refractivity contribution in [3.05, 3.63) is 24.3 Å². The van der Waals surface area contributed by atoms with Gasteiger partial charge in [-0.2, -0.15) is 0 Å². The van der Waals surface area contributed by atoms with Crippen molar-refractivity contribution >= 4 is 0 Å². The van der Waals surface area contributed by atoms with Crippen molar-refractivity contribution in [1.82, 2.24) is 5.32 Å². The molecule has 1 saturated heterocycles. The van der Waals surface area contributed by atoms with Gasteiger partial charge in [-0.25, -0.2) is 0 Å². The van der Waals surface area contributed by atoms with E-state index in [0.717, 1.165) is 31.8 Å². The lowest BCUT2D eigenvalue weighted by Crippen LogP contribution is -2.62. The minimum absolute atomic E-state index is 0.0853. The SMILES string of the molecule is C=C1C[C@@]2(O)C[C@H](/C=C\[C@@H]3CCNC3)CC[C@]2(C)[C@H]2CC[C@]3(C)CCC[C@H]3[C@H]12. The molecule has 5 rings (SSSR count). The molecule has 0 unspecified atom stereocenters. The first-order valence-electron chi connectivity index (χ1n) is 12.1. The molecule has 0 aromatic heterocycles. The van der Waals surface area contributed by atoms with Crippen molar-refractivity contribution in [3.8, 4) is 0 Å². The van der Waals surface area contributed by atoms with Crippen LogP contribution in [0.4, 0.5) is 0 Å². The molecular formula is C26H41NO. The summed E-state index contributed by atoms with van der Waals surface area (Å²) in [7, 11) is 0. The standard InChI is InChI=1S/C26H41NO/c1-18-15-26(28)16-19(6-7-20-10-14-27-17-20)8-13-25(26,3)22-9-12-24(2)11-4-5-21(24)23(18)22/h6-7,19-23,27-28H,1,4-5,8-17H2,2-3H3/b7-6-/t19-,20-,21+,22+,23+,24+,25-,26-/m1/s1. The van der Waals surface area contributed by atoms with Gasteiger partial charge < -0.3 is 10.4 Å². The Hall–Kier alpha value is -0.600. The van der Waals surface area contributed by atoms with E-state index in [-0.39, 0.29) is 5.41 Å². The molecule has 0 radical (unpaired) electrons. The fourth-order valence-electron chi connectivity index (χ4n) is 8.52. The maximum absolute atomic E-state index is 12.0. The molecule has 8 atom stereocenters. The van der Waals surface area contributed by atoms with E-state index in [9.17, 15) is 5.11 Å². The van der Waals surface area contributed by atoms with Gasteiger partial charge in [-0.05, 0) is 99.3 Å². The van der Waals surface area contributed by atoms with Crippen molar-refractivity contribution in [1.29, 1.82) is 0 Å². The van der Waals surface area contributed by atoms with Crippen LogP contribution in [-0.4, -0.2) is 23.8 Å². The summed E-state index contributed by atoms with van der Waals surface area (Å²) in [6.45, 7) is 11.9. The summed E-state index contributed by atoms with van der Waals surface area (Å²) < 4.78 is 0. The number of fused-ring (bicyclic) bond motifs is 5. The second kappa shape index (κ2) is 6.71. The zero-order valence-electron chi connectivity index (χ0n) is 18.2. The molecule has 28 heavy (non-hydrogen) atoms. The Balaban J connectivity index is 1.38. The monoisotopic (exact) mass is 383 g/mol. The zero-order valence-corrected chi connectivity index (χ0v) is 18.2. The predicted molar refractivity (Wildman–Crippen MR) is 116 cm³/mol. The van der Waals surface area contributed by atoms with Crippen molar-refractivity contribution in [3.63, 3.8) is 0 Å². The van der Waals surface area contributed by atoms with Gasteiger partial charge in [-0.15, -0.1) is 0 Å². The summed E-state index contributed by atoms with van der Waals surface area (Å²) in [5.74, 6) is 3.39. The molecule has 5 aliphatic rings. The molecule has 0 amide bonds. The van der Waals surface area contributed by atoms with Gasteiger partial charge in [-0.3, -0.25) is 0 Å². The molecule has 2 nitrogen and oxygen atoms in total. The van der Waals surface area contributed by atoms with Crippen LogP contribution in [0.2, 0.25) is 0 Å². The lowest BCUT2D eigenvalue weighted by atomic mass is 9.42. The predicted octanol–water partition coefficient (Wildman–Crippen LogP) is 5.48. The fourth-order valence-corrected chi connectivity index (χ4v) is 8.52. The lowest BCUT2D eigenvalue weighted by Gasteiger charge is -2.64. The highest BCUT2D eigenvalue weighted by Gasteiger charge is 2.63. The number of hydrogen-bond acceptors (Lipinski definition) is 2. The van der Waals surface area contributed by atoms with E-state index in [2.05, 4.69) is 37.9 Å². The second-order valence-corrected chi connectivity index (χ2v) is 11.7. The van der Waals surface area contributed by atoms with Crippen LogP contribution in [0.5, 0.6) is 0 Å². The molecule has 5 fully saturated rings. The Morgan fingerprint density at radius 1 is 1.00 bits per heavy atom. The molecule has 4 saturated carbocycles. The molecular weight excluding hydrogens is 342 g/mol. The Morgan fingerprint density at radius 2 is 1.82 bits per heavy atom. The summed E-state index contributed by atoms with van der Waals surface area (Å²) in [6.07, 6.45) is 17.3. The normalized spacial score (nSPS) is 53.8. The van der Waals surface area contributed by atoms with Gasteiger partial charge in [0, 0.05) is 12.0 Å². The van der Waals surface area contributed by atoms with E-state index >= 15 is 0 Å². The van der Waals surface area contributed by atoms with E-state index in [4.69, 9.17) is 0 Å². The summed E-state index contributed by atoms with van der Waals surface area (Å²) in [5.41, 5.74) is 1.49. The molecule has 156 valence electrons. The first-order chi connectivity index (χ1) is 13.3. The summed E-state index contributed by atoms with van der Waals surface area (Å²) >= 11 is 0. The van der Waals surface area contributed by atoms with E-state index in [1.165, 1.54) is 56.9 Å². The topological polar surface area (TPSA) is 32.3 Å². The van der Waals surface area contributed by atoms with Crippen LogP contribution in [0.25, 0.3) is 0 Å². The Morgan fingerprint density at radius 3 is 2.61 bits per heavy atom. The number of rotatable bonds is 2. The van der Waals surface area contributed by atoms with E-state index < -0.39 is 5.60 Å². The van der Waals surface area contributed by atoms with Crippen molar-refractivity contribution < 1.29 is 5.11 Å². The number of allylic oxidation sites excluding steroid dienone is 1. The Kier molecular flexibility index (Phi) is 4.64. The number of aliphatic hydroxyl groups is 1. The van der Waals surface area contributed by atoms with Gasteiger partial charge in [0.05, 0.1) is 5.60 Å². The van der Waals surface area contributed by atoms with Crippen molar-refractivity contribution in [2.24, 2.45) is 40.4 Å². The van der Waals surface area contributed by atoms with Gasteiger partial charge in [0.15, 0.2) is 0 Å². The fraction of sp³-hybridized carbons (Fsp3) is 0.846. The molecule has 1 aliphatic heterocycles. The van der Waals surface area contributed by atoms with Crippen LogP contribution in [0.15, 0.2) is 24.3 Å². The van der Waals surface area contributed by atoms with Crippen LogP contribution in [0.1, 0.15) is 78.1 Å². The van der Waals surface area contributed by atoms with Crippen LogP contribution < -0.4 is 5.32 Å². The third kappa shape index (κ3) is 2.81. The maximum Gasteiger partial charge on any atom is 0.0746 e. The van der Waals surface area contributed by atoms with Gasteiger partial charge >= 0.3 is 0 Å². The first kappa shape index (κ1) is 19.4. The van der Waals surface area contributed by atoms with Gasteiger partial charge in [0.25, 0.3) is 0 Å².